The Balaban J connectivity index is 1.52. The van der Waals surface area contributed by atoms with Crippen LogP contribution in [0.15, 0.2) is 18.2 Å². The van der Waals surface area contributed by atoms with Crippen LogP contribution in [-0.2, 0) is 6.42 Å². The van der Waals surface area contributed by atoms with Gasteiger partial charge in [-0.15, -0.1) is 0 Å². The Kier molecular flexibility index (Phi) is 6.30. The summed E-state index contributed by atoms with van der Waals surface area (Å²) in [6, 6.07) is 8.46. The van der Waals surface area contributed by atoms with E-state index < -0.39 is 11.6 Å². The largest absolute Gasteiger partial charge is 0.492 e. The van der Waals surface area contributed by atoms with Crippen LogP contribution in [0.1, 0.15) is 38.7 Å². The van der Waals surface area contributed by atoms with Crippen molar-refractivity contribution in [2.45, 2.75) is 51.1 Å². The van der Waals surface area contributed by atoms with Gasteiger partial charge in [-0.1, -0.05) is 6.92 Å². The third-order valence-electron chi connectivity index (χ3n) is 5.87. The van der Waals surface area contributed by atoms with Gasteiger partial charge in [-0.2, -0.15) is 5.26 Å². The number of rotatable bonds is 7. The smallest absolute Gasteiger partial charge is 0.407 e. The number of benzene rings is 1. The minimum atomic E-state index is -0.843. The lowest BCUT2D eigenvalue weighted by atomic mass is 9.78. The summed E-state index contributed by atoms with van der Waals surface area (Å²) in [5, 5.41) is 22.0. The topological polar surface area (TPSA) is 88.8 Å². The molecule has 0 spiro atoms. The van der Waals surface area contributed by atoms with Crippen molar-refractivity contribution in [1.29, 1.82) is 5.26 Å². The van der Waals surface area contributed by atoms with Gasteiger partial charge in [0.2, 0.25) is 0 Å². The molecule has 7 nitrogen and oxygen atoms in total. The molecule has 1 aromatic carbocycles. The number of anilines is 1. The average molecular weight is 386 g/mol. The highest BCUT2D eigenvalue weighted by molar-refractivity contribution is 5.65. The van der Waals surface area contributed by atoms with Crippen molar-refractivity contribution < 1.29 is 14.6 Å². The second-order valence-electron chi connectivity index (χ2n) is 7.82. The van der Waals surface area contributed by atoms with Crippen molar-refractivity contribution >= 4 is 11.8 Å². The predicted octanol–water partition coefficient (Wildman–Crippen LogP) is 3.17. The Labute approximate surface area is 166 Å². The van der Waals surface area contributed by atoms with Crippen LogP contribution >= 0.6 is 0 Å². The number of carboxylic acid groups (broad SMARTS) is 1. The van der Waals surface area contributed by atoms with Gasteiger partial charge in [0.25, 0.3) is 0 Å². The van der Waals surface area contributed by atoms with Crippen LogP contribution in [0.3, 0.4) is 0 Å². The summed E-state index contributed by atoms with van der Waals surface area (Å²) in [5.41, 5.74) is 1.70. The minimum absolute atomic E-state index is 0.00164. The van der Waals surface area contributed by atoms with Gasteiger partial charge in [0.1, 0.15) is 17.9 Å². The number of nitriles is 1. The standard InChI is InChI=1S/C21H30N4O3/c1-3-17-13-18(23-21(15-22)7-4-8-21)5-6-19(17)28-12-11-24-9-10-25(20(26)27)16(2)14-24/h5-6,13,16,23H,3-4,7-12,14H2,1-2H3,(H,26,27)/t16-/m1/s1. The molecule has 0 aromatic heterocycles. The van der Waals surface area contributed by atoms with Crippen molar-refractivity contribution in [3.8, 4) is 11.8 Å². The van der Waals surface area contributed by atoms with Gasteiger partial charge in [-0.25, -0.2) is 4.79 Å². The molecular formula is C21H30N4O3. The van der Waals surface area contributed by atoms with Crippen molar-refractivity contribution in [3.05, 3.63) is 23.8 Å². The number of nitrogens with zero attached hydrogens (tertiary/aromatic N) is 3. The Hall–Kier alpha value is -2.46. The number of amides is 1. The lowest BCUT2D eigenvalue weighted by Gasteiger charge is -2.38. The fourth-order valence-electron chi connectivity index (χ4n) is 3.95. The minimum Gasteiger partial charge on any atom is -0.492 e. The normalized spacial score (nSPS) is 21.5. The quantitative estimate of drug-likeness (QED) is 0.748. The molecule has 0 unspecified atom stereocenters. The molecule has 0 radical (unpaired) electrons. The first-order chi connectivity index (χ1) is 13.5. The predicted molar refractivity (Wildman–Crippen MR) is 108 cm³/mol. The number of aryl methyl sites for hydroxylation is 1. The van der Waals surface area contributed by atoms with Gasteiger partial charge >= 0.3 is 6.09 Å². The van der Waals surface area contributed by atoms with Crippen LogP contribution in [0, 0.1) is 11.3 Å². The van der Waals surface area contributed by atoms with Gasteiger partial charge in [-0.3, -0.25) is 4.90 Å². The van der Waals surface area contributed by atoms with Gasteiger partial charge in [0.15, 0.2) is 0 Å². The van der Waals surface area contributed by atoms with E-state index in [4.69, 9.17) is 9.84 Å². The second kappa shape index (κ2) is 8.70. The first-order valence-corrected chi connectivity index (χ1v) is 10.1. The van der Waals surface area contributed by atoms with E-state index in [1.807, 2.05) is 19.1 Å². The molecule has 1 aliphatic carbocycles. The van der Waals surface area contributed by atoms with E-state index in [0.717, 1.165) is 62.3 Å². The maximum Gasteiger partial charge on any atom is 0.407 e. The number of nitrogens with one attached hydrogen (secondary N) is 1. The summed E-state index contributed by atoms with van der Waals surface area (Å²) in [5.74, 6) is 0.880. The molecule has 1 atom stereocenters. The van der Waals surface area contributed by atoms with Crippen LogP contribution in [0.2, 0.25) is 0 Å². The first kappa shape index (κ1) is 20.3. The van der Waals surface area contributed by atoms with E-state index >= 15 is 0 Å². The molecule has 1 aliphatic heterocycles. The fraction of sp³-hybridized carbons (Fsp3) is 0.619. The first-order valence-electron chi connectivity index (χ1n) is 10.1. The molecule has 7 heteroatoms. The summed E-state index contributed by atoms with van der Waals surface area (Å²) in [6.07, 6.45) is 2.92. The molecule has 1 saturated carbocycles. The van der Waals surface area contributed by atoms with Crippen molar-refractivity contribution in [1.82, 2.24) is 9.80 Å². The van der Waals surface area contributed by atoms with E-state index in [0.29, 0.717) is 13.2 Å². The highest BCUT2D eigenvalue weighted by Crippen LogP contribution is 2.35. The molecule has 1 saturated heterocycles. The second-order valence-corrected chi connectivity index (χ2v) is 7.82. The maximum atomic E-state index is 11.2. The Morgan fingerprint density at radius 1 is 1.43 bits per heavy atom. The lowest BCUT2D eigenvalue weighted by Crippen LogP contribution is -2.54. The van der Waals surface area contributed by atoms with Crippen molar-refractivity contribution in [2.75, 3.05) is 38.1 Å². The zero-order valence-electron chi connectivity index (χ0n) is 16.8. The van der Waals surface area contributed by atoms with E-state index in [1.165, 1.54) is 4.90 Å². The van der Waals surface area contributed by atoms with Crippen LogP contribution in [0.25, 0.3) is 0 Å². The molecule has 1 aromatic rings. The summed E-state index contributed by atoms with van der Waals surface area (Å²) in [7, 11) is 0. The average Bonchev–Trinajstić information content (AvgIpc) is 2.65. The number of hydrogen-bond acceptors (Lipinski definition) is 5. The van der Waals surface area contributed by atoms with E-state index in [9.17, 15) is 10.1 Å². The molecule has 2 aliphatic rings. The molecule has 152 valence electrons. The summed E-state index contributed by atoms with van der Waals surface area (Å²) in [6.45, 7) is 7.40. The number of ether oxygens (including phenoxy) is 1. The lowest BCUT2D eigenvalue weighted by molar-refractivity contribution is 0.0680. The zero-order valence-corrected chi connectivity index (χ0v) is 16.8. The van der Waals surface area contributed by atoms with E-state index in [2.05, 4.69) is 29.3 Å². The van der Waals surface area contributed by atoms with Crippen LogP contribution in [0.4, 0.5) is 10.5 Å². The summed E-state index contributed by atoms with van der Waals surface area (Å²) >= 11 is 0. The Morgan fingerprint density at radius 2 is 2.21 bits per heavy atom. The van der Waals surface area contributed by atoms with Crippen molar-refractivity contribution in [2.24, 2.45) is 0 Å². The summed E-state index contributed by atoms with van der Waals surface area (Å²) < 4.78 is 6.03. The van der Waals surface area contributed by atoms with Crippen LogP contribution in [-0.4, -0.2) is 65.4 Å². The molecule has 1 amide bonds. The maximum absolute atomic E-state index is 11.2. The van der Waals surface area contributed by atoms with Crippen LogP contribution in [0.5, 0.6) is 5.75 Å². The van der Waals surface area contributed by atoms with Crippen molar-refractivity contribution in [3.63, 3.8) is 0 Å². The monoisotopic (exact) mass is 386 g/mol. The SMILES string of the molecule is CCc1cc(NC2(C#N)CCC2)ccc1OCCN1CCN(C(=O)O)[C@H](C)C1. The van der Waals surface area contributed by atoms with Gasteiger partial charge < -0.3 is 20.1 Å². The molecular weight excluding hydrogens is 356 g/mol. The molecule has 0 bridgehead atoms. The van der Waals surface area contributed by atoms with Gasteiger partial charge in [0.05, 0.1) is 6.07 Å². The van der Waals surface area contributed by atoms with Gasteiger partial charge in [0, 0.05) is 37.9 Å². The third kappa shape index (κ3) is 4.50. The third-order valence-corrected chi connectivity index (χ3v) is 5.87. The number of hydrogen-bond donors (Lipinski definition) is 2. The molecule has 28 heavy (non-hydrogen) atoms. The number of piperazine rings is 1. The van der Waals surface area contributed by atoms with Crippen LogP contribution < -0.4 is 10.1 Å². The zero-order chi connectivity index (χ0) is 20.1. The Bertz CT molecular complexity index is 742. The Morgan fingerprint density at radius 3 is 2.79 bits per heavy atom. The molecule has 2 N–H and O–H groups in total. The number of carbonyl (C=O) groups is 1. The highest BCUT2D eigenvalue weighted by Gasteiger charge is 2.37. The summed E-state index contributed by atoms with van der Waals surface area (Å²) in [4.78, 5) is 14.9. The van der Waals surface area contributed by atoms with E-state index in [1.54, 1.807) is 0 Å². The molecule has 1 heterocycles. The van der Waals surface area contributed by atoms with E-state index in [-0.39, 0.29) is 6.04 Å². The van der Waals surface area contributed by atoms with Gasteiger partial charge in [-0.05, 0) is 56.4 Å². The molecule has 2 fully saturated rings. The molecule has 3 rings (SSSR count). The highest BCUT2D eigenvalue weighted by atomic mass is 16.5. The fourth-order valence-corrected chi connectivity index (χ4v) is 3.95.